The number of alkyl halides is 2. The van der Waals surface area contributed by atoms with Crippen LogP contribution >= 0.6 is 57.4 Å². The van der Waals surface area contributed by atoms with Crippen molar-refractivity contribution in [2.24, 2.45) is 0 Å². The van der Waals surface area contributed by atoms with Crippen LogP contribution in [-0.2, 0) is 0 Å². The average Bonchev–Trinajstić information content (AvgIpc) is 2.34. The second-order valence-electron chi connectivity index (χ2n) is 3.92. The lowest BCUT2D eigenvalue weighted by Crippen LogP contribution is -2.09. The Morgan fingerprint density at radius 1 is 0.778 bits per heavy atom. The second kappa shape index (κ2) is 6.47. The molecule has 0 N–H and O–H groups in total. The highest BCUT2D eigenvalue weighted by Gasteiger charge is 2.21. The van der Waals surface area contributed by atoms with Crippen LogP contribution in [0.15, 0.2) is 48.5 Å². The summed E-state index contributed by atoms with van der Waals surface area (Å²) in [6.45, 7) is 0. The van der Waals surface area contributed by atoms with Crippen molar-refractivity contribution >= 4 is 57.4 Å². The molecule has 0 aliphatic heterocycles. The molecule has 1 atom stereocenters. The molecule has 18 heavy (non-hydrogen) atoms. The molecular formula is C14H10Cl3I. The van der Waals surface area contributed by atoms with Crippen molar-refractivity contribution in [1.29, 1.82) is 0 Å². The molecule has 0 aromatic heterocycles. The predicted molar refractivity (Wildman–Crippen MR) is 87.9 cm³/mol. The van der Waals surface area contributed by atoms with Gasteiger partial charge in [-0.15, -0.1) is 23.2 Å². The molecule has 0 saturated carbocycles. The van der Waals surface area contributed by atoms with Gasteiger partial charge in [0.05, 0.1) is 0 Å². The van der Waals surface area contributed by atoms with E-state index in [2.05, 4.69) is 46.9 Å². The average molecular weight is 411 g/mol. The van der Waals surface area contributed by atoms with Gasteiger partial charge in [0.25, 0.3) is 0 Å². The molecule has 0 aliphatic rings. The third-order valence-corrected chi connectivity index (χ3v) is 4.19. The molecule has 2 aromatic rings. The zero-order valence-corrected chi connectivity index (χ0v) is 13.7. The molecule has 0 saturated heterocycles. The zero-order valence-electron chi connectivity index (χ0n) is 9.29. The SMILES string of the molecule is Clc1ccc([C@H](c2ccc(I)cc2)C(Cl)Cl)cc1. The highest BCUT2D eigenvalue weighted by molar-refractivity contribution is 14.1. The maximum Gasteiger partial charge on any atom is 0.118 e. The molecule has 0 unspecified atom stereocenters. The molecular weight excluding hydrogens is 401 g/mol. The van der Waals surface area contributed by atoms with Crippen LogP contribution in [0.25, 0.3) is 0 Å². The molecule has 94 valence electrons. The van der Waals surface area contributed by atoms with Gasteiger partial charge >= 0.3 is 0 Å². The van der Waals surface area contributed by atoms with Crippen molar-refractivity contribution in [1.82, 2.24) is 0 Å². The summed E-state index contributed by atoms with van der Waals surface area (Å²) in [6.07, 6.45) is 0. The summed E-state index contributed by atoms with van der Waals surface area (Å²) in [6, 6.07) is 15.8. The summed E-state index contributed by atoms with van der Waals surface area (Å²) in [5.74, 6) is -0.0393. The fourth-order valence-corrected chi connectivity index (χ4v) is 2.89. The van der Waals surface area contributed by atoms with E-state index >= 15 is 0 Å². The van der Waals surface area contributed by atoms with Gasteiger partial charge in [0.15, 0.2) is 0 Å². The van der Waals surface area contributed by atoms with Gasteiger partial charge in [-0.05, 0) is 58.0 Å². The Kier molecular flexibility index (Phi) is 5.19. The van der Waals surface area contributed by atoms with Crippen molar-refractivity contribution in [3.8, 4) is 0 Å². The van der Waals surface area contributed by atoms with E-state index in [0.29, 0.717) is 5.02 Å². The number of hydrogen-bond donors (Lipinski definition) is 0. The largest absolute Gasteiger partial charge is 0.118 e. The van der Waals surface area contributed by atoms with Crippen LogP contribution in [0.1, 0.15) is 17.0 Å². The van der Waals surface area contributed by atoms with E-state index in [9.17, 15) is 0 Å². The Morgan fingerprint density at radius 2 is 1.22 bits per heavy atom. The Morgan fingerprint density at radius 3 is 1.67 bits per heavy atom. The first kappa shape index (κ1) is 14.4. The lowest BCUT2D eigenvalue weighted by atomic mass is 9.93. The van der Waals surface area contributed by atoms with Crippen LogP contribution < -0.4 is 0 Å². The minimum Gasteiger partial charge on any atom is -0.104 e. The van der Waals surface area contributed by atoms with E-state index in [4.69, 9.17) is 34.8 Å². The molecule has 0 radical (unpaired) electrons. The van der Waals surface area contributed by atoms with Gasteiger partial charge in [-0.2, -0.15) is 0 Å². The van der Waals surface area contributed by atoms with Gasteiger partial charge in [0.1, 0.15) is 4.84 Å². The first-order valence-corrected chi connectivity index (χ1v) is 7.70. The Labute approximate surface area is 135 Å². The summed E-state index contributed by atoms with van der Waals surface area (Å²) in [5, 5.41) is 0.709. The van der Waals surface area contributed by atoms with Crippen LogP contribution in [0.2, 0.25) is 5.02 Å². The fraction of sp³-hybridized carbons (Fsp3) is 0.143. The smallest absolute Gasteiger partial charge is 0.104 e. The molecule has 0 amide bonds. The molecule has 0 fully saturated rings. The molecule has 0 nitrogen and oxygen atoms in total. The fourth-order valence-electron chi connectivity index (χ4n) is 1.82. The van der Waals surface area contributed by atoms with Crippen molar-refractivity contribution in [3.05, 3.63) is 68.3 Å². The van der Waals surface area contributed by atoms with Crippen molar-refractivity contribution in [2.45, 2.75) is 10.8 Å². The maximum atomic E-state index is 6.12. The Bertz CT molecular complexity index is 460. The monoisotopic (exact) mass is 410 g/mol. The van der Waals surface area contributed by atoms with Gasteiger partial charge in [0.2, 0.25) is 0 Å². The normalized spacial score (nSPS) is 12.7. The second-order valence-corrected chi connectivity index (χ2v) is 6.76. The first-order chi connectivity index (χ1) is 8.58. The molecule has 2 rings (SSSR count). The van der Waals surface area contributed by atoms with Crippen LogP contribution in [0, 0.1) is 3.57 Å². The summed E-state index contributed by atoms with van der Waals surface area (Å²) in [7, 11) is 0. The van der Waals surface area contributed by atoms with E-state index in [-0.39, 0.29) is 5.92 Å². The van der Waals surface area contributed by atoms with E-state index in [1.54, 1.807) is 0 Å². The first-order valence-electron chi connectivity index (χ1n) is 5.37. The zero-order chi connectivity index (χ0) is 13.1. The van der Waals surface area contributed by atoms with Crippen LogP contribution in [0.4, 0.5) is 0 Å². The highest BCUT2D eigenvalue weighted by Crippen LogP contribution is 2.34. The van der Waals surface area contributed by atoms with Gasteiger partial charge in [-0.3, -0.25) is 0 Å². The van der Waals surface area contributed by atoms with Gasteiger partial charge in [-0.25, -0.2) is 0 Å². The summed E-state index contributed by atoms with van der Waals surface area (Å²) < 4.78 is 1.19. The van der Waals surface area contributed by atoms with Crippen LogP contribution in [0.3, 0.4) is 0 Å². The van der Waals surface area contributed by atoms with Crippen molar-refractivity contribution in [3.63, 3.8) is 0 Å². The molecule has 4 heteroatoms. The number of benzene rings is 2. The molecule has 2 aromatic carbocycles. The third-order valence-electron chi connectivity index (χ3n) is 2.71. The topological polar surface area (TPSA) is 0 Å². The third kappa shape index (κ3) is 3.53. The molecule has 0 bridgehead atoms. The van der Waals surface area contributed by atoms with Gasteiger partial charge in [-0.1, -0.05) is 35.9 Å². The van der Waals surface area contributed by atoms with E-state index < -0.39 is 4.84 Å². The highest BCUT2D eigenvalue weighted by atomic mass is 127. The van der Waals surface area contributed by atoms with E-state index in [1.807, 2.05) is 24.3 Å². The standard InChI is InChI=1S/C14H10Cl3I/c15-11-5-1-9(2-6-11)13(14(16)17)10-3-7-12(18)8-4-10/h1-8,13-14H/t13-/m1/s1. The van der Waals surface area contributed by atoms with Crippen molar-refractivity contribution in [2.75, 3.05) is 0 Å². The lowest BCUT2D eigenvalue weighted by Gasteiger charge is -2.19. The summed E-state index contributed by atoms with van der Waals surface area (Å²) >= 11 is 20.4. The Balaban J connectivity index is 2.39. The van der Waals surface area contributed by atoms with Crippen LogP contribution in [-0.4, -0.2) is 4.84 Å². The summed E-state index contributed by atoms with van der Waals surface area (Å²) in [4.78, 5) is -0.494. The lowest BCUT2D eigenvalue weighted by molar-refractivity contribution is 0.886. The maximum absolute atomic E-state index is 6.12. The van der Waals surface area contributed by atoms with Gasteiger partial charge in [0, 0.05) is 14.5 Å². The summed E-state index contributed by atoms with van der Waals surface area (Å²) in [5.41, 5.74) is 2.17. The Hall–Kier alpha value is 0.0400. The molecule has 0 heterocycles. The predicted octanol–water partition coefficient (Wildman–Crippen LogP) is 5.88. The van der Waals surface area contributed by atoms with Gasteiger partial charge < -0.3 is 0 Å². The van der Waals surface area contributed by atoms with Crippen molar-refractivity contribution < 1.29 is 0 Å². The number of rotatable bonds is 3. The molecule has 0 aliphatic carbocycles. The van der Waals surface area contributed by atoms with E-state index in [0.717, 1.165) is 11.1 Å². The number of hydrogen-bond acceptors (Lipinski definition) is 0. The van der Waals surface area contributed by atoms with E-state index in [1.165, 1.54) is 3.57 Å². The minimum absolute atomic E-state index is 0.0393. The molecule has 0 spiro atoms. The van der Waals surface area contributed by atoms with Crippen LogP contribution in [0.5, 0.6) is 0 Å². The quantitative estimate of drug-likeness (QED) is 0.437. The number of halogens is 4. The minimum atomic E-state index is -0.494.